The zero-order valence-electron chi connectivity index (χ0n) is 10.5. The summed E-state index contributed by atoms with van der Waals surface area (Å²) in [6.07, 6.45) is 3.56. The van der Waals surface area contributed by atoms with Crippen molar-refractivity contribution in [1.82, 2.24) is 0 Å². The molecule has 4 heteroatoms. The van der Waals surface area contributed by atoms with Gasteiger partial charge in [-0.3, -0.25) is 0 Å². The van der Waals surface area contributed by atoms with E-state index < -0.39 is 8.32 Å². The zero-order chi connectivity index (χ0) is 11.7. The van der Waals surface area contributed by atoms with Crippen LogP contribution in [0.15, 0.2) is 0 Å². The predicted octanol–water partition coefficient (Wildman–Crippen LogP) is 2.75. The molecule has 0 spiro atoms. The van der Waals surface area contributed by atoms with Gasteiger partial charge in [0.1, 0.15) is 0 Å². The van der Waals surface area contributed by atoms with Gasteiger partial charge in [-0.2, -0.15) is 0 Å². The fourth-order valence-corrected chi connectivity index (χ4v) is 2.39. The number of hydrogen-bond donors (Lipinski definition) is 0. The molecular formula is C11H23NO2Si. The van der Waals surface area contributed by atoms with Crippen LogP contribution in [0.1, 0.15) is 33.6 Å². The van der Waals surface area contributed by atoms with Crippen LogP contribution in [0.25, 0.3) is 0 Å². The lowest BCUT2D eigenvalue weighted by Crippen LogP contribution is -2.43. The van der Waals surface area contributed by atoms with Crippen LogP contribution < -0.4 is 0 Å². The summed E-state index contributed by atoms with van der Waals surface area (Å²) < 4.78 is 7.09. The van der Waals surface area contributed by atoms with Gasteiger partial charge in [0.2, 0.25) is 0 Å². The third-order valence-electron chi connectivity index (χ3n) is 3.61. The van der Waals surface area contributed by atoms with Crippen molar-refractivity contribution in [3.05, 3.63) is 5.21 Å². The molecular weight excluding hydrogens is 206 g/mol. The van der Waals surface area contributed by atoms with E-state index in [2.05, 4.69) is 33.9 Å². The normalized spacial score (nSPS) is 23.0. The van der Waals surface area contributed by atoms with Gasteiger partial charge in [-0.25, -0.2) is 4.74 Å². The first-order valence-corrected chi connectivity index (χ1v) is 8.57. The number of nitrogens with zero attached hydrogens (tertiary/aromatic N) is 1. The molecule has 0 amide bonds. The summed E-state index contributed by atoms with van der Waals surface area (Å²) in [5.74, 6) is 0. The SMILES string of the molecule is CC(C)(C)[Si](C)(C)OC[C@@H]1CCC=[N+]1[O-]. The third-order valence-corrected chi connectivity index (χ3v) is 8.11. The van der Waals surface area contributed by atoms with Crippen molar-refractivity contribution in [3.8, 4) is 0 Å². The number of hydroxylamine groups is 1. The first-order valence-electron chi connectivity index (χ1n) is 5.67. The molecule has 1 atom stereocenters. The van der Waals surface area contributed by atoms with Gasteiger partial charge in [0.25, 0.3) is 0 Å². The third kappa shape index (κ3) is 3.05. The van der Waals surface area contributed by atoms with Crippen LogP contribution in [-0.2, 0) is 4.43 Å². The molecule has 0 aromatic rings. The highest BCUT2D eigenvalue weighted by atomic mass is 28.4. The first-order chi connectivity index (χ1) is 6.74. The highest BCUT2D eigenvalue weighted by molar-refractivity contribution is 6.74. The molecule has 0 bridgehead atoms. The van der Waals surface area contributed by atoms with Crippen molar-refractivity contribution >= 4 is 14.5 Å². The molecule has 1 heterocycles. The van der Waals surface area contributed by atoms with Crippen LogP contribution in [0.3, 0.4) is 0 Å². The van der Waals surface area contributed by atoms with E-state index in [1.807, 2.05) is 0 Å². The van der Waals surface area contributed by atoms with Crippen molar-refractivity contribution in [1.29, 1.82) is 0 Å². The van der Waals surface area contributed by atoms with Crippen LogP contribution in [-0.4, -0.2) is 31.9 Å². The van der Waals surface area contributed by atoms with Gasteiger partial charge in [0, 0.05) is 12.8 Å². The Bertz CT molecular complexity index is 256. The molecule has 0 fully saturated rings. The first kappa shape index (κ1) is 12.7. The molecule has 0 N–H and O–H groups in total. The van der Waals surface area contributed by atoms with E-state index in [4.69, 9.17) is 4.43 Å². The average Bonchev–Trinajstić information content (AvgIpc) is 2.46. The van der Waals surface area contributed by atoms with Gasteiger partial charge in [0.05, 0.1) is 6.61 Å². The van der Waals surface area contributed by atoms with Crippen molar-refractivity contribution in [2.75, 3.05) is 6.61 Å². The van der Waals surface area contributed by atoms with Crippen molar-refractivity contribution in [3.63, 3.8) is 0 Å². The minimum atomic E-state index is -1.68. The van der Waals surface area contributed by atoms with Crippen LogP contribution in [0.5, 0.6) is 0 Å². The summed E-state index contributed by atoms with van der Waals surface area (Å²) in [7, 11) is -1.68. The molecule has 1 rings (SSSR count). The molecule has 0 unspecified atom stereocenters. The topological polar surface area (TPSA) is 35.3 Å². The highest BCUT2D eigenvalue weighted by Gasteiger charge is 2.38. The minimum Gasteiger partial charge on any atom is -0.624 e. The molecule has 1 aliphatic rings. The Morgan fingerprint density at radius 3 is 2.47 bits per heavy atom. The van der Waals surface area contributed by atoms with E-state index >= 15 is 0 Å². The van der Waals surface area contributed by atoms with Gasteiger partial charge in [-0.1, -0.05) is 20.8 Å². The fourth-order valence-electron chi connectivity index (χ4n) is 1.35. The van der Waals surface area contributed by atoms with Gasteiger partial charge >= 0.3 is 0 Å². The maximum absolute atomic E-state index is 11.3. The monoisotopic (exact) mass is 229 g/mol. The number of rotatable bonds is 3. The molecule has 3 nitrogen and oxygen atoms in total. The van der Waals surface area contributed by atoms with E-state index in [1.165, 1.54) is 0 Å². The molecule has 0 aromatic carbocycles. The molecule has 0 aliphatic carbocycles. The highest BCUT2D eigenvalue weighted by Crippen LogP contribution is 2.36. The van der Waals surface area contributed by atoms with E-state index in [0.717, 1.165) is 17.6 Å². The van der Waals surface area contributed by atoms with E-state index in [-0.39, 0.29) is 11.1 Å². The molecule has 0 saturated heterocycles. The van der Waals surface area contributed by atoms with Gasteiger partial charge < -0.3 is 9.63 Å². The lowest BCUT2D eigenvalue weighted by molar-refractivity contribution is -0.491. The van der Waals surface area contributed by atoms with Gasteiger partial charge in [-0.05, 0) is 18.1 Å². The summed E-state index contributed by atoms with van der Waals surface area (Å²) in [4.78, 5) is 0. The lowest BCUT2D eigenvalue weighted by atomic mass is 10.2. The summed E-state index contributed by atoms with van der Waals surface area (Å²) in [6, 6.07) is 0.0547. The summed E-state index contributed by atoms with van der Waals surface area (Å²) in [5.41, 5.74) is 0. The molecule has 15 heavy (non-hydrogen) atoms. The molecule has 0 radical (unpaired) electrons. The van der Waals surface area contributed by atoms with Crippen LogP contribution in [0.2, 0.25) is 18.1 Å². The predicted molar refractivity (Wildman–Crippen MR) is 65.9 cm³/mol. The fraction of sp³-hybridized carbons (Fsp3) is 0.909. The van der Waals surface area contributed by atoms with Crippen molar-refractivity contribution < 1.29 is 9.16 Å². The smallest absolute Gasteiger partial charge is 0.192 e. The van der Waals surface area contributed by atoms with E-state index in [9.17, 15) is 5.21 Å². The second kappa shape index (κ2) is 4.26. The van der Waals surface area contributed by atoms with Crippen LogP contribution in [0, 0.1) is 5.21 Å². The zero-order valence-corrected chi connectivity index (χ0v) is 11.5. The second-order valence-corrected chi connectivity index (χ2v) is 10.7. The quantitative estimate of drug-likeness (QED) is 0.424. The summed E-state index contributed by atoms with van der Waals surface area (Å²) >= 11 is 0. The second-order valence-electron chi connectivity index (χ2n) is 5.84. The minimum absolute atomic E-state index is 0.0547. The molecule has 1 aliphatic heterocycles. The molecule has 0 saturated carbocycles. The van der Waals surface area contributed by atoms with Crippen LogP contribution in [0.4, 0.5) is 0 Å². The Hall–Kier alpha value is -0.353. The standard InChI is InChI=1S/C11H23NO2Si/c1-11(2,3)15(4,5)14-9-10-7-6-8-12(10)13/h8,10H,6-7,9H2,1-5H3/t10-/m0/s1. The van der Waals surface area contributed by atoms with Crippen molar-refractivity contribution in [2.45, 2.75) is 57.8 Å². The Labute approximate surface area is 93.9 Å². The van der Waals surface area contributed by atoms with E-state index in [1.54, 1.807) is 6.21 Å². The average molecular weight is 229 g/mol. The summed E-state index contributed by atoms with van der Waals surface area (Å²) in [6.45, 7) is 11.7. The van der Waals surface area contributed by atoms with Gasteiger partial charge in [-0.15, -0.1) is 0 Å². The van der Waals surface area contributed by atoms with Gasteiger partial charge in [0.15, 0.2) is 20.6 Å². The summed E-state index contributed by atoms with van der Waals surface area (Å²) in [5, 5.41) is 11.6. The Morgan fingerprint density at radius 1 is 1.47 bits per heavy atom. The number of hydrogen-bond acceptors (Lipinski definition) is 2. The Morgan fingerprint density at radius 2 is 2.07 bits per heavy atom. The Balaban J connectivity index is 2.46. The Kier molecular flexibility index (Phi) is 3.61. The van der Waals surface area contributed by atoms with Crippen LogP contribution >= 0.6 is 0 Å². The maximum Gasteiger partial charge on any atom is 0.192 e. The largest absolute Gasteiger partial charge is 0.624 e. The maximum atomic E-state index is 11.3. The lowest BCUT2D eigenvalue weighted by Gasteiger charge is -2.36. The van der Waals surface area contributed by atoms with E-state index in [0.29, 0.717) is 6.61 Å². The van der Waals surface area contributed by atoms with Crippen molar-refractivity contribution in [2.24, 2.45) is 0 Å². The molecule has 88 valence electrons. The molecule has 0 aromatic heterocycles.